The van der Waals surface area contributed by atoms with Crippen molar-refractivity contribution in [2.75, 3.05) is 45.0 Å². The van der Waals surface area contributed by atoms with Gasteiger partial charge in [0.1, 0.15) is 5.75 Å². The first kappa shape index (κ1) is 22.1. The molecule has 0 atom stereocenters. The van der Waals surface area contributed by atoms with Gasteiger partial charge in [-0.25, -0.2) is 0 Å². The van der Waals surface area contributed by atoms with Crippen LogP contribution in [0.2, 0.25) is 0 Å². The third kappa shape index (κ3) is 6.42. The Morgan fingerprint density at radius 3 is 2.57 bits per heavy atom. The van der Waals surface area contributed by atoms with Crippen molar-refractivity contribution in [3.8, 4) is 5.75 Å². The van der Waals surface area contributed by atoms with Gasteiger partial charge in [-0.3, -0.25) is 0 Å². The van der Waals surface area contributed by atoms with Gasteiger partial charge in [-0.15, -0.1) is 24.8 Å². The van der Waals surface area contributed by atoms with Gasteiger partial charge >= 0.3 is 0 Å². The van der Waals surface area contributed by atoms with Crippen LogP contribution in [-0.2, 0) is 0 Å². The SMILES string of the molecule is COc1cc(N)ccc1NCCN1C=CN(C)C1.Cl.Cl.[Cl-]. The fraction of sp³-hybridized carbons (Fsp3) is 0.385. The van der Waals surface area contributed by atoms with E-state index >= 15 is 0 Å². The zero-order chi connectivity index (χ0) is 13.0. The Balaban J connectivity index is 0. The molecule has 0 spiro atoms. The molecule has 1 heterocycles. The molecule has 122 valence electrons. The van der Waals surface area contributed by atoms with Gasteiger partial charge in [-0.05, 0) is 12.1 Å². The van der Waals surface area contributed by atoms with Crippen LogP contribution in [-0.4, -0.2) is 43.7 Å². The average molecular weight is 357 g/mol. The number of hydrogen-bond donors (Lipinski definition) is 2. The summed E-state index contributed by atoms with van der Waals surface area (Å²) in [5.74, 6) is 0.782. The van der Waals surface area contributed by atoms with E-state index in [1.54, 1.807) is 7.11 Å². The third-order valence-corrected chi connectivity index (χ3v) is 2.88. The van der Waals surface area contributed by atoms with Crippen molar-refractivity contribution in [3.63, 3.8) is 0 Å². The van der Waals surface area contributed by atoms with E-state index in [0.717, 1.165) is 31.2 Å². The summed E-state index contributed by atoms with van der Waals surface area (Å²) < 4.78 is 5.29. The maximum absolute atomic E-state index is 5.72. The quantitative estimate of drug-likeness (QED) is 0.678. The standard InChI is InChI=1S/C13H20N4O.3ClH/c1-16-7-8-17(10-16)6-5-15-12-4-3-11(14)9-13(12)18-2;;;/h3-4,7-9,15H,5-6,10,14H2,1-2H3;3*1H/p-1. The third-order valence-electron chi connectivity index (χ3n) is 2.88. The summed E-state index contributed by atoms with van der Waals surface area (Å²) in [7, 11) is 3.71. The van der Waals surface area contributed by atoms with Gasteiger partial charge in [0.2, 0.25) is 0 Å². The Kier molecular flexibility index (Phi) is 11.1. The van der Waals surface area contributed by atoms with Crippen LogP contribution < -0.4 is 28.2 Å². The van der Waals surface area contributed by atoms with Crippen LogP contribution in [0.25, 0.3) is 0 Å². The number of hydrogen-bond acceptors (Lipinski definition) is 5. The van der Waals surface area contributed by atoms with Crippen LogP contribution in [0.15, 0.2) is 30.6 Å². The molecule has 0 amide bonds. The van der Waals surface area contributed by atoms with Gasteiger partial charge in [0.05, 0.1) is 19.5 Å². The molecule has 0 fully saturated rings. The van der Waals surface area contributed by atoms with Gasteiger partial charge in [0, 0.05) is 44.3 Å². The number of ether oxygens (including phenoxy) is 1. The first-order valence-corrected chi connectivity index (χ1v) is 5.99. The Hall–Kier alpha value is -1.17. The Morgan fingerprint density at radius 1 is 1.29 bits per heavy atom. The van der Waals surface area contributed by atoms with E-state index in [9.17, 15) is 0 Å². The van der Waals surface area contributed by atoms with Crippen LogP contribution in [0.5, 0.6) is 5.75 Å². The molecule has 8 heteroatoms. The predicted molar refractivity (Wildman–Crippen MR) is 88.9 cm³/mol. The highest BCUT2D eigenvalue weighted by Crippen LogP contribution is 2.26. The highest BCUT2D eigenvalue weighted by Gasteiger charge is 2.08. The lowest BCUT2D eigenvalue weighted by Crippen LogP contribution is -3.00. The molecule has 3 N–H and O–H groups in total. The Morgan fingerprint density at radius 2 is 2.00 bits per heavy atom. The first-order valence-electron chi connectivity index (χ1n) is 5.99. The predicted octanol–water partition coefficient (Wildman–Crippen LogP) is -0.787. The van der Waals surface area contributed by atoms with Crippen LogP contribution in [0.1, 0.15) is 0 Å². The molecule has 21 heavy (non-hydrogen) atoms. The maximum atomic E-state index is 5.72. The van der Waals surface area contributed by atoms with E-state index in [-0.39, 0.29) is 37.2 Å². The fourth-order valence-corrected chi connectivity index (χ4v) is 1.92. The van der Waals surface area contributed by atoms with Crippen LogP contribution in [0, 0.1) is 0 Å². The lowest BCUT2D eigenvalue weighted by atomic mass is 10.2. The summed E-state index contributed by atoms with van der Waals surface area (Å²) in [5, 5.41) is 3.36. The minimum absolute atomic E-state index is 0. The zero-order valence-electron chi connectivity index (χ0n) is 12.1. The Labute approximate surface area is 144 Å². The van der Waals surface area contributed by atoms with Crippen molar-refractivity contribution in [2.24, 2.45) is 0 Å². The van der Waals surface area contributed by atoms with Crippen LogP contribution in [0.4, 0.5) is 11.4 Å². The first-order chi connectivity index (χ1) is 8.69. The lowest BCUT2D eigenvalue weighted by Gasteiger charge is -2.19. The second-order valence-corrected chi connectivity index (χ2v) is 4.40. The van der Waals surface area contributed by atoms with Crippen molar-refractivity contribution in [2.45, 2.75) is 0 Å². The summed E-state index contributed by atoms with van der Waals surface area (Å²) in [6.45, 7) is 2.76. The van der Waals surface area contributed by atoms with Crippen LogP contribution >= 0.6 is 24.8 Å². The monoisotopic (exact) mass is 355 g/mol. The Bertz CT molecular complexity index is 445. The van der Waals surface area contributed by atoms with E-state index in [2.05, 4.69) is 34.6 Å². The molecule has 0 saturated carbocycles. The number of anilines is 2. The van der Waals surface area contributed by atoms with E-state index < -0.39 is 0 Å². The minimum atomic E-state index is 0. The number of methoxy groups -OCH3 is 1. The smallest absolute Gasteiger partial charge is 0.143 e. The van der Waals surface area contributed by atoms with E-state index in [4.69, 9.17) is 10.5 Å². The molecule has 0 saturated heterocycles. The molecule has 0 radical (unpaired) electrons. The average Bonchev–Trinajstić information content (AvgIpc) is 2.77. The largest absolute Gasteiger partial charge is 1.00 e. The maximum Gasteiger partial charge on any atom is 0.143 e. The molecule has 1 aromatic rings. The van der Waals surface area contributed by atoms with Crippen molar-refractivity contribution >= 4 is 36.2 Å². The van der Waals surface area contributed by atoms with Gasteiger partial charge in [0.15, 0.2) is 0 Å². The number of rotatable bonds is 5. The second-order valence-electron chi connectivity index (χ2n) is 4.40. The molecule has 0 bridgehead atoms. The highest BCUT2D eigenvalue weighted by molar-refractivity contribution is 5.85. The number of nitrogens with zero attached hydrogens (tertiary/aromatic N) is 2. The number of nitrogen functional groups attached to an aromatic ring is 1. The van der Waals surface area contributed by atoms with Crippen molar-refractivity contribution < 1.29 is 17.1 Å². The van der Waals surface area contributed by atoms with Crippen molar-refractivity contribution in [3.05, 3.63) is 30.6 Å². The minimum Gasteiger partial charge on any atom is -1.00 e. The second kappa shape index (κ2) is 10.5. The molecule has 1 aliphatic rings. The molecule has 1 aliphatic heterocycles. The number of nitrogens with one attached hydrogen (secondary N) is 1. The topological polar surface area (TPSA) is 53.8 Å². The van der Waals surface area contributed by atoms with Gasteiger partial charge < -0.3 is 38.0 Å². The van der Waals surface area contributed by atoms with E-state index in [0.29, 0.717) is 5.69 Å². The molecular formula is C13H22Cl3N4O-. The van der Waals surface area contributed by atoms with Gasteiger partial charge in [-0.1, -0.05) is 0 Å². The summed E-state index contributed by atoms with van der Waals surface area (Å²) in [4.78, 5) is 4.39. The van der Waals surface area contributed by atoms with Crippen molar-refractivity contribution in [1.29, 1.82) is 0 Å². The molecule has 5 nitrogen and oxygen atoms in total. The molecule has 0 aromatic heterocycles. The molecule has 0 aliphatic carbocycles. The summed E-state index contributed by atoms with van der Waals surface area (Å²) in [6.07, 6.45) is 4.17. The summed E-state index contributed by atoms with van der Waals surface area (Å²) >= 11 is 0. The molecule has 0 unspecified atom stereocenters. The van der Waals surface area contributed by atoms with Gasteiger partial charge in [-0.2, -0.15) is 0 Å². The molecule has 1 aromatic carbocycles. The fourth-order valence-electron chi connectivity index (χ4n) is 1.92. The summed E-state index contributed by atoms with van der Waals surface area (Å²) in [5.41, 5.74) is 7.40. The zero-order valence-corrected chi connectivity index (χ0v) is 14.5. The van der Waals surface area contributed by atoms with Gasteiger partial charge in [0.25, 0.3) is 0 Å². The summed E-state index contributed by atoms with van der Waals surface area (Å²) in [6, 6.07) is 5.64. The number of benzene rings is 1. The van der Waals surface area contributed by atoms with Crippen molar-refractivity contribution in [1.82, 2.24) is 9.80 Å². The van der Waals surface area contributed by atoms with E-state index in [1.165, 1.54) is 0 Å². The lowest BCUT2D eigenvalue weighted by molar-refractivity contribution is -0.00000438. The van der Waals surface area contributed by atoms with E-state index in [1.807, 2.05) is 18.2 Å². The normalized spacial score (nSPS) is 12.1. The number of halogens is 3. The van der Waals surface area contributed by atoms with Crippen LogP contribution in [0.3, 0.4) is 0 Å². The molecular weight excluding hydrogens is 335 g/mol. The molecule has 2 rings (SSSR count). The number of nitrogens with two attached hydrogens (primary N) is 1. The highest BCUT2D eigenvalue weighted by atomic mass is 35.5.